The topological polar surface area (TPSA) is 76.5 Å². The van der Waals surface area contributed by atoms with Crippen LogP contribution in [0.4, 0.5) is 0 Å². The van der Waals surface area contributed by atoms with Crippen molar-refractivity contribution >= 4 is 0 Å². The average molecular weight is 267 g/mol. The third-order valence-electron chi connectivity index (χ3n) is 3.06. The van der Waals surface area contributed by atoms with Crippen LogP contribution in [0.2, 0.25) is 0 Å². The zero-order valence-electron chi connectivity index (χ0n) is 11.2. The quantitative estimate of drug-likeness (QED) is 0.765. The zero-order chi connectivity index (χ0) is 14.1. The number of aromatic amines is 1. The van der Waals surface area contributed by atoms with E-state index in [1.54, 1.807) is 18.6 Å². The maximum Gasteiger partial charge on any atom is 0.348 e. The molecule has 2 aromatic heterocycles. The second-order valence-corrected chi connectivity index (χ2v) is 4.57. The lowest BCUT2D eigenvalue weighted by molar-refractivity contribution is 0.970. The van der Waals surface area contributed by atoms with Crippen molar-refractivity contribution in [2.75, 3.05) is 0 Å². The number of hydrogen-bond donors (Lipinski definition) is 1. The molecule has 0 spiro atoms. The summed E-state index contributed by atoms with van der Waals surface area (Å²) in [7, 11) is 0. The van der Waals surface area contributed by atoms with Crippen molar-refractivity contribution in [1.29, 1.82) is 0 Å². The van der Waals surface area contributed by atoms with Gasteiger partial charge in [-0.05, 0) is 25.5 Å². The van der Waals surface area contributed by atoms with Crippen LogP contribution in [0.5, 0.6) is 0 Å². The summed E-state index contributed by atoms with van der Waals surface area (Å²) >= 11 is 0. The smallest absolute Gasteiger partial charge is 0.261 e. The van der Waals surface area contributed by atoms with Gasteiger partial charge >= 0.3 is 5.69 Å². The van der Waals surface area contributed by atoms with E-state index in [0.29, 0.717) is 11.5 Å². The molecule has 20 heavy (non-hydrogen) atoms. The summed E-state index contributed by atoms with van der Waals surface area (Å²) in [4.78, 5) is 20.2. The Morgan fingerprint density at radius 1 is 1.20 bits per heavy atom. The third-order valence-corrected chi connectivity index (χ3v) is 3.06. The van der Waals surface area contributed by atoms with Crippen LogP contribution in [0.1, 0.15) is 11.1 Å². The molecule has 0 aliphatic carbocycles. The largest absolute Gasteiger partial charge is 0.348 e. The Hall–Kier alpha value is -2.76. The molecular formula is C14H13N5O. The first-order valence-corrected chi connectivity index (χ1v) is 6.18. The third kappa shape index (κ3) is 2.01. The van der Waals surface area contributed by atoms with Gasteiger partial charge in [-0.2, -0.15) is 5.10 Å². The minimum absolute atomic E-state index is 0.294. The molecule has 0 bridgehead atoms. The molecule has 0 atom stereocenters. The van der Waals surface area contributed by atoms with Gasteiger partial charge in [0.1, 0.15) is 5.69 Å². The molecule has 0 aliphatic rings. The molecule has 0 radical (unpaired) electrons. The van der Waals surface area contributed by atoms with Crippen molar-refractivity contribution in [3.05, 3.63) is 58.4 Å². The molecule has 0 saturated heterocycles. The van der Waals surface area contributed by atoms with Gasteiger partial charge in [-0.25, -0.2) is 19.4 Å². The molecule has 3 rings (SSSR count). The maximum atomic E-state index is 12.0. The van der Waals surface area contributed by atoms with E-state index in [4.69, 9.17) is 0 Å². The summed E-state index contributed by atoms with van der Waals surface area (Å²) in [5.74, 6) is 0.454. The monoisotopic (exact) mass is 267 g/mol. The van der Waals surface area contributed by atoms with E-state index in [1.165, 1.54) is 4.57 Å². The van der Waals surface area contributed by atoms with Crippen LogP contribution < -0.4 is 5.69 Å². The Morgan fingerprint density at radius 3 is 2.75 bits per heavy atom. The van der Waals surface area contributed by atoms with Crippen molar-refractivity contribution in [2.24, 2.45) is 0 Å². The molecule has 100 valence electrons. The van der Waals surface area contributed by atoms with Crippen molar-refractivity contribution in [3.8, 4) is 17.2 Å². The van der Waals surface area contributed by atoms with E-state index in [1.807, 2.05) is 32.0 Å². The Labute approximate surface area is 115 Å². The summed E-state index contributed by atoms with van der Waals surface area (Å²) in [5, 5.41) is 6.51. The van der Waals surface area contributed by atoms with Gasteiger partial charge in [0.15, 0.2) is 5.82 Å². The molecule has 1 aromatic carbocycles. The second-order valence-electron chi connectivity index (χ2n) is 4.57. The Balaban J connectivity index is 2.25. The average Bonchev–Trinajstić information content (AvgIpc) is 2.82. The fourth-order valence-electron chi connectivity index (χ4n) is 2.16. The minimum atomic E-state index is -0.294. The molecule has 0 fully saturated rings. The summed E-state index contributed by atoms with van der Waals surface area (Å²) in [6, 6.07) is 5.89. The first-order chi connectivity index (χ1) is 9.66. The lowest BCUT2D eigenvalue weighted by Crippen LogP contribution is -2.17. The highest BCUT2D eigenvalue weighted by atomic mass is 16.1. The fraction of sp³-hybridized carbons (Fsp3) is 0.143. The molecule has 1 N–H and O–H groups in total. The van der Waals surface area contributed by atoms with E-state index in [9.17, 15) is 4.79 Å². The SMILES string of the molecule is Cc1ccc(-n2c(-c3cnccn3)n[nH]c2=O)c(C)c1. The molecule has 2 heterocycles. The predicted octanol–water partition coefficient (Wildman–Crippen LogP) is 1.63. The Kier molecular flexibility index (Phi) is 2.90. The number of rotatable bonds is 2. The van der Waals surface area contributed by atoms with Crippen molar-refractivity contribution in [2.45, 2.75) is 13.8 Å². The molecular weight excluding hydrogens is 254 g/mol. The van der Waals surface area contributed by atoms with E-state index in [0.717, 1.165) is 16.8 Å². The number of nitrogens with zero attached hydrogens (tertiary/aromatic N) is 4. The number of benzene rings is 1. The number of H-pyrrole nitrogens is 1. The highest BCUT2D eigenvalue weighted by Crippen LogP contribution is 2.19. The van der Waals surface area contributed by atoms with Gasteiger partial charge in [-0.3, -0.25) is 4.98 Å². The van der Waals surface area contributed by atoms with Crippen LogP contribution in [-0.4, -0.2) is 24.7 Å². The van der Waals surface area contributed by atoms with Crippen LogP contribution in [-0.2, 0) is 0 Å². The maximum absolute atomic E-state index is 12.0. The second kappa shape index (κ2) is 4.73. The summed E-state index contributed by atoms with van der Waals surface area (Å²) in [5.41, 5.74) is 3.18. The summed E-state index contributed by atoms with van der Waals surface area (Å²) < 4.78 is 1.51. The lowest BCUT2D eigenvalue weighted by atomic mass is 10.1. The standard InChI is InChI=1S/C14H13N5O/c1-9-3-4-12(10(2)7-9)19-13(17-18-14(19)20)11-8-15-5-6-16-11/h3-8H,1-2H3,(H,18,20). The molecule has 6 heteroatoms. The minimum Gasteiger partial charge on any atom is -0.261 e. The molecule has 0 amide bonds. The number of nitrogens with one attached hydrogen (secondary N) is 1. The van der Waals surface area contributed by atoms with Crippen LogP contribution in [0.15, 0.2) is 41.6 Å². The van der Waals surface area contributed by atoms with Gasteiger partial charge in [0.2, 0.25) is 0 Å². The number of aromatic nitrogens is 5. The molecule has 3 aromatic rings. The van der Waals surface area contributed by atoms with Gasteiger partial charge in [0.25, 0.3) is 0 Å². The first-order valence-electron chi connectivity index (χ1n) is 6.18. The van der Waals surface area contributed by atoms with Gasteiger partial charge < -0.3 is 0 Å². The molecule has 0 unspecified atom stereocenters. The van der Waals surface area contributed by atoms with Crippen LogP contribution in [0.3, 0.4) is 0 Å². The Morgan fingerprint density at radius 2 is 2.05 bits per heavy atom. The van der Waals surface area contributed by atoms with E-state index in [-0.39, 0.29) is 5.69 Å². The van der Waals surface area contributed by atoms with Gasteiger partial charge in [-0.15, -0.1) is 0 Å². The summed E-state index contributed by atoms with van der Waals surface area (Å²) in [6.07, 6.45) is 4.73. The van der Waals surface area contributed by atoms with Gasteiger partial charge in [0.05, 0.1) is 11.9 Å². The predicted molar refractivity (Wildman–Crippen MR) is 74.7 cm³/mol. The van der Waals surface area contributed by atoms with Crippen molar-refractivity contribution < 1.29 is 0 Å². The van der Waals surface area contributed by atoms with Crippen LogP contribution >= 0.6 is 0 Å². The normalized spacial score (nSPS) is 10.7. The number of aryl methyl sites for hydroxylation is 2. The van der Waals surface area contributed by atoms with Gasteiger partial charge in [-0.1, -0.05) is 17.7 Å². The van der Waals surface area contributed by atoms with E-state index >= 15 is 0 Å². The zero-order valence-corrected chi connectivity index (χ0v) is 11.2. The van der Waals surface area contributed by atoms with Gasteiger partial charge in [0, 0.05) is 12.4 Å². The first kappa shape index (κ1) is 12.3. The van der Waals surface area contributed by atoms with Crippen LogP contribution in [0.25, 0.3) is 17.2 Å². The highest BCUT2D eigenvalue weighted by molar-refractivity contribution is 5.54. The lowest BCUT2D eigenvalue weighted by Gasteiger charge is -2.09. The highest BCUT2D eigenvalue weighted by Gasteiger charge is 2.15. The van der Waals surface area contributed by atoms with E-state index < -0.39 is 0 Å². The van der Waals surface area contributed by atoms with E-state index in [2.05, 4.69) is 20.2 Å². The molecule has 6 nitrogen and oxygen atoms in total. The Bertz CT molecular complexity index is 804. The number of hydrogen-bond acceptors (Lipinski definition) is 4. The molecule has 0 saturated carbocycles. The fourth-order valence-corrected chi connectivity index (χ4v) is 2.16. The van der Waals surface area contributed by atoms with Crippen molar-refractivity contribution in [1.82, 2.24) is 24.7 Å². The van der Waals surface area contributed by atoms with Crippen LogP contribution in [0, 0.1) is 13.8 Å². The van der Waals surface area contributed by atoms with Crippen molar-refractivity contribution in [3.63, 3.8) is 0 Å². The summed E-state index contributed by atoms with van der Waals surface area (Å²) in [6.45, 7) is 3.97. The molecule has 0 aliphatic heterocycles.